The van der Waals surface area contributed by atoms with Gasteiger partial charge in [-0.3, -0.25) is 4.98 Å². The lowest BCUT2D eigenvalue weighted by Crippen LogP contribution is -2.17. The molecule has 3 nitrogen and oxygen atoms in total. The second kappa shape index (κ2) is 5.04. The molecule has 1 aliphatic rings. The van der Waals surface area contributed by atoms with E-state index in [1.54, 1.807) is 0 Å². The van der Waals surface area contributed by atoms with Crippen LogP contribution in [-0.2, 0) is 0 Å². The molecule has 1 fully saturated rings. The molecule has 88 valence electrons. The van der Waals surface area contributed by atoms with Gasteiger partial charge in [0.25, 0.3) is 0 Å². The summed E-state index contributed by atoms with van der Waals surface area (Å²) in [5.41, 5.74) is 2.03. The van der Waals surface area contributed by atoms with Crippen LogP contribution in [0.2, 0.25) is 0 Å². The minimum Gasteiger partial charge on any atom is -0.366 e. The van der Waals surface area contributed by atoms with Crippen LogP contribution in [0.3, 0.4) is 0 Å². The van der Waals surface area contributed by atoms with Crippen molar-refractivity contribution in [1.29, 1.82) is 0 Å². The molecule has 1 saturated carbocycles. The third kappa shape index (κ3) is 2.67. The maximum atomic E-state index is 4.51. The predicted molar refractivity (Wildman–Crippen MR) is 70.1 cm³/mol. The Kier molecular flexibility index (Phi) is 3.69. The number of hydrogen-bond acceptors (Lipinski definition) is 4. The Morgan fingerprint density at radius 1 is 1.31 bits per heavy atom. The van der Waals surface area contributed by atoms with Crippen LogP contribution in [0.25, 0.3) is 0 Å². The average Bonchev–Trinajstić information content (AvgIpc) is 2.71. The number of aromatic nitrogens is 2. The molecule has 1 N–H and O–H groups in total. The Bertz CT molecular complexity index is 367. The summed E-state index contributed by atoms with van der Waals surface area (Å²) in [5.74, 6) is 0.926. The summed E-state index contributed by atoms with van der Waals surface area (Å²) in [5, 5.41) is 4.30. The molecule has 0 saturated heterocycles. The van der Waals surface area contributed by atoms with Gasteiger partial charge in [-0.1, -0.05) is 0 Å². The molecule has 4 heteroatoms. The van der Waals surface area contributed by atoms with Gasteiger partial charge in [-0.25, -0.2) is 4.98 Å². The normalized spacial score (nSPS) is 24.7. The second-order valence-electron chi connectivity index (χ2n) is 4.44. The second-order valence-corrected chi connectivity index (χ2v) is 5.58. The molecule has 2 unspecified atom stereocenters. The summed E-state index contributed by atoms with van der Waals surface area (Å²) in [7, 11) is 0. The molecule has 0 aromatic carbocycles. The molecule has 16 heavy (non-hydrogen) atoms. The summed E-state index contributed by atoms with van der Waals surface area (Å²) in [4.78, 5) is 8.84. The molecule has 0 amide bonds. The monoisotopic (exact) mass is 237 g/mol. The van der Waals surface area contributed by atoms with Crippen molar-refractivity contribution in [3.8, 4) is 0 Å². The summed E-state index contributed by atoms with van der Waals surface area (Å²) in [6.07, 6.45) is 7.85. The Morgan fingerprint density at radius 3 is 2.75 bits per heavy atom. The van der Waals surface area contributed by atoms with Gasteiger partial charge in [0.15, 0.2) is 0 Å². The highest BCUT2D eigenvalue weighted by Gasteiger charge is 2.23. The first-order valence-electron chi connectivity index (χ1n) is 5.78. The third-order valence-corrected chi connectivity index (χ3v) is 4.36. The number of hydrogen-bond donors (Lipinski definition) is 1. The Balaban J connectivity index is 1.97. The van der Waals surface area contributed by atoms with Crippen molar-refractivity contribution in [3.63, 3.8) is 0 Å². The Morgan fingerprint density at radius 2 is 2.12 bits per heavy atom. The highest BCUT2D eigenvalue weighted by Crippen LogP contribution is 2.29. The number of anilines is 1. The van der Waals surface area contributed by atoms with E-state index in [0.29, 0.717) is 6.04 Å². The Labute approximate surface area is 101 Å². The van der Waals surface area contributed by atoms with E-state index in [-0.39, 0.29) is 0 Å². The molecule has 0 bridgehead atoms. The molecular weight excluding hydrogens is 218 g/mol. The molecule has 0 spiro atoms. The summed E-state index contributed by atoms with van der Waals surface area (Å²) in [6, 6.07) is 0.578. The fraction of sp³-hybridized carbons (Fsp3) is 0.667. The van der Waals surface area contributed by atoms with E-state index in [2.05, 4.69) is 21.5 Å². The van der Waals surface area contributed by atoms with Crippen molar-refractivity contribution in [2.45, 2.75) is 44.4 Å². The molecule has 0 radical (unpaired) electrons. The van der Waals surface area contributed by atoms with Crippen molar-refractivity contribution >= 4 is 17.6 Å². The molecule has 1 aromatic rings. The van der Waals surface area contributed by atoms with Crippen LogP contribution < -0.4 is 5.32 Å². The number of thioether (sulfide) groups is 1. The van der Waals surface area contributed by atoms with Crippen LogP contribution in [0.4, 0.5) is 5.82 Å². The van der Waals surface area contributed by atoms with Crippen molar-refractivity contribution in [2.75, 3.05) is 11.6 Å². The van der Waals surface area contributed by atoms with Crippen LogP contribution >= 0.6 is 11.8 Å². The lowest BCUT2D eigenvalue weighted by Gasteiger charge is -2.13. The fourth-order valence-corrected chi connectivity index (χ4v) is 2.90. The van der Waals surface area contributed by atoms with E-state index in [0.717, 1.165) is 22.5 Å². The topological polar surface area (TPSA) is 37.8 Å². The predicted octanol–water partition coefficient (Wildman–Crippen LogP) is 2.79. The molecular formula is C12H19N3S. The molecule has 1 aliphatic carbocycles. The zero-order valence-electron chi connectivity index (χ0n) is 10.2. The van der Waals surface area contributed by atoms with Crippen LogP contribution in [0.15, 0.2) is 6.20 Å². The first-order valence-corrected chi connectivity index (χ1v) is 7.07. The Hall–Kier alpha value is -0.770. The minimum atomic E-state index is 0.578. The number of nitrogens with zero attached hydrogens (tertiary/aromatic N) is 2. The lowest BCUT2D eigenvalue weighted by atomic mass is 10.2. The van der Waals surface area contributed by atoms with Gasteiger partial charge in [0.05, 0.1) is 17.6 Å². The zero-order valence-corrected chi connectivity index (χ0v) is 11.0. The number of rotatable bonds is 3. The summed E-state index contributed by atoms with van der Waals surface area (Å²) in [6.45, 7) is 4.00. The van der Waals surface area contributed by atoms with Gasteiger partial charge in [0, 0.05) is 11.3 Å². The van der Waals surface area contributed by atoms with E-state index < -0.39 is 0 Å². The molecule has 2 atom stereocenters. The molecule has 2 rings (SSSR count). The standard InChI is InChI=1S/C12H19N3S/c1-8-9(2)14-12(7-13-8)15-10-4-5-11(6-10)16-3/h7,10-11H,4-6H2,1-3H3,(H,14,15). The lowest BCUT2D eigenvalue weighted by molar-refractivity contribution is 0.749. The third-order valence-electron chi connectivity index (χ3n) is 3.26. The zero-order chi connectivity index (χ0) is 11.5. The van der Waals surface area contributed by atoms with Gasteiger partial charge in [-0.05, 0) is 39.4 Å². The molecule has 0 aliphatic heterocycles. The van der Waals surface area contributed by atoms with Crippen molar-refractivity contribution in [3.05, 3.63) is 17.6 Å². The summed E-state index contributed by atoms with van der Waals surface area (Å²) < 4.78 is 0. The highest BCUT2D eigenvalue weighted by atomic mass is 32.2. The van der Waals surface area contributed by atoms with Crippen LogP contribution in [0.1, 0.15) is 30.7 Å². The largest absolute Gasteiger partial charge is 0.366 e. The maximum absolute atomic E-state index is 4.51. The number of nitrogens with one attached hydrogen (secondary N) is 1. The van der Waals surface area contributed by atoms with Crippen LogP contribution in [-0.4, -0.2) is 27.5 Å². The smallest absolute Gasteiger partial charge is 0.145 e. The van der Waals surface area contributed by atoms with Gasteiger partial charge in [0.2, 0.25) is 0 Å². The van der Waals surface area contributed by atoms with E-state index in [1.807, 2.05) is 31.8 Å². The van der Waals surface area contributed by atoms with E-state index in [1.165, 1.54) is 19.3 Å². The van der Waals surface area contributed by atoms with Crippen molar-refractivity contribution in [1.82, 2.24) is 9.97 Å². The first-order chi connectivity index (χ1) is 7.69. The highest BCUT2D eigenvalue weighted by molar-refractivity contribution is 7.99. The van der Waals surface area contributed by atoms with E-state index in [9.17, 15) is 0 Å². The van der Waals surface area contributed by atoms with Gasteiger partial charge >= 0.3 is 0 Å². The summed E-state index contributed by atoms with van der Waals surface area (Å²) >= 11 is 1.98. The van der Waals surface area contributed by atoms with Crippen molar-refractivity contribution in [2.24, 2.45) is 0 Å². The van der Waals surface area contributed by atoms with Gasteiger partial charge in [-0.15, -0.1) is 0 Å². The fourth-order valence-electron chi connectivity index (χ4n) is 2.11. The molecule has 1 heterocycles. The average molecular weight is 237 g/mol. The van der Waals surface area contributed by atoms with Crippen molar-refractivity contribution < 1.29 is 0 Å². The van der Waals surface area contributed by atoms with Crippen LogP contribution in [0, 0.1) is 13.8 Å². The van der Waals surface area contributed by atoms with E-state index in [4.69, 9.17) is 0 Å². The van der Waals surface area contributed by atoms with E-state index >= 15 is 0 Å². The number of aryl methyl sites for hydroxylation is 2. The quantitative estimate of drug-likeness (QED) is 0.877. The minimum absolute atomic E-state index is 0.578. The first kappa shape index (κ1) is 11.7. The van der Waals surface area contributed by atoms with Gasteiger partial charge in [-0.2, -0.15) is 11.8 Å². The molecule has 1 aromatic heterocycles. The van der Waals surface area contributed by atoms with Gasteiger partial charge in [0.1, 0.15) is 5.82 Å². The SMILES string of the molecule is CSC1CCC(Nc2cnc(C)c(C)n2)C1. The van der Waals surface area contributed by atoms with Gasteiger partial charge < -0.3 is 5.32 Å². The maximum Gasteiger partial charge on any atom is 0.145 e. The van der Waals surface area contributed by atoms with Crippen LogP contribution in [0.5, 0.6) is 0 Å².